The van der Waals surface area contributed by atoms with Gasteiger partial charge in [-0.15, -0.1) is 0 Å². The number of benzene rings is 1. The number of hydrogen-bond acceptors (Lipinski definition) is 3. The largest absolute Gasteiger partial charge is 0.466 e. The van der Waals surface area contributed by atoms with Crippen molar-refractivity contribution in [2.75, 3.05) is 6.61 Å². The van der Waals surface area contributed by atoms with E-state index in [4.69, 9.17) is 4.74 Å². The van der Waals surface area contributed by atoms with Gasteiger partial charge in [-0.25, -0.2) is 0 Å². The molecule has 0 saturated heterocycles. The van der Waals surface area contributed by atoms with Gasteiger partial charge < -0.3 is 10.1 Å². The van der Waals surface area contributed by atoms with Crippen LogP contribution in [0.2, 0.25) is 0 Å². The van der Waals surface area contributed by atoms with Crippen LogP contribution in [-0.4, -0.2) is 18.6 Å². The van der Waals surface area contributed by atoms with Crippen molar-refractivity contribution < 1.29 is 9.53 Å². The van der Waals surface area contributed by atoms with Crippen molar-refractivity contribution >= 4 is 5.97 Å². The van der Waals surface area contributed by atoms with E-state index in [2.05, 4.69) is 38.2 Å². The molecule has 106 valence electrons. The summed E-state index contributed by atoms with van der Waals surface area (Å²) in [7, 11) is 0. The molecule has 3 nitrogen and oxygen atoms in total. The zero-order valence-corrected chi connectivity index (χ0v) is 12.3. The molecule has 0 amide bonds. The Balaban J connectivity index is 2.61. The molecule has 1 aromatic carbocycles. The predicted octanol–water partition coefficient (Wildman–Crippen LogP) is 3.32. The summed E-state index contributed by atoms with van der Waals surface area (Å²) in [4.78, 5) is 11.6. The Morgan fingerprint density at radius 1 is 1.21 bits per heavy atom. The number of nitrogens with one attached hydrogen (secondary N) is 1. The van der Waals surface area contributed by atoms with Crippen LogP contribution in [0.5, 0.6) is 0 Å². The van der Waals surface area contributed by atoms with Crippen molar-refractivity contribution in [2.24, 2.45) is 5.92 Å². The first-order valence-electron chi connectivity index (χ1n) is 7.01. The molecule has 0 bridgehead atoms. The highest BCUT2D eigenvalue weighted by molar-refractivity contribution is 5.70. The van der Waals surface area contributed by atoms with Gasteiger partial charge in [0.05, 0.1) is 13.0 Å². The molecule has 0 radical (unpaired) electrons. The summed E-state index contributed by atoms with van der Waals surface area (Å²) in [5.41, 5.74) is 1.23. The van der Waals surface area contributed by atoms with Crippen molar-refractivity contribution in [3.8, 4) is 0 Å². The van der Waals surface area contributed by atoms with Crippen molar-refractivity contribution in [2.45, 2.75) is 46.2 Å². The third-order valence-electron chi connectivity index (χ3n) is 3.26. The number of rotatable bonds is 7. The molecule has 0 aromatic heterocycles. The molecule has 3 heteroatoms. The fourth-order valence-corrected chi connectivity index (χ4v) is 2.05. The summed E-state index contributed by atoms with van der Waals surface area (Å²) in [5, 5.41) is 3.52. The van der Waals surface area contributed by atoms with Gasteiger partial charge in [0.2, 0.25) is 0 Å². The molecule has 0 aliphatic rings. The highest BCUT2D eigenvalue weighted by Gasteiger charge is 2.20. The Kier molecular flexibility index (Phi) is 6.57. The lowest BCUT2D eigenvalue weighted by atomic mass is 9.98. The summed E-state index contributed by atoms with van der Waals surface area (Å²) in [6.45, 7) is 8.64. The molecular weight excluding hydrogens is 238 g/mol. The molecule has 0 fully saturated rings. The quantitative estimate of drug-likeness (QED) is 0.767. The summed E-state index contributed by atoms with van der Waals surface area (Å²) in [6.07, 6.45) is 0.419. The maximum absolute atomic E-state index is 11.6. The van der Waals surface area contributed by atoms with Crippen molar-refractivity contribution in [1.29, 1.82) is 0 Å². The Morgan fingerprint density at radius 2 is 1.84 bits per heavy atom. The van der Waals surface area contributed by atoms with Crippen LogP contribution in [0.3, 0.4) is 0 Å². The molecule has 0 aliphatic heterocycles. The van der Waals surface area contributed by atoms with E-state index in [9.17, 15) is 4.79 Å². The van der Waals surface area contributed by atoms with Gasteiger partial charge >= 0.3 is 5.97 Å². The summed E-state index contributed by atoms with van der Waals surface area (Å²) in [6, 6.07) is 10.6. The average molecular weight is 263 g/mol. The summed E-state index contributed by atoms with van der Waals surface area (Å²) < 4.78 is 5.03. The normalized spacial score (nSPS) is 14.2. The molecule has 1 aromatic rings. The highest BCUT2D eigenvalue weighted by atomic mass is 16.5. The van der Waals surface area contributed by atoms with Gasteiger partial charge in [-0.05, 0) is 25.3 Å². The second-order valence-electron chi connectivity index (χ2n) is 5.16. The zero-order chi connectivity index (χ0) is 14.3. The van der Waals surface area contributed by atoms with Crippen LogP contribution in [0.25, 0.3) is 0 Å². The molecule has 2 atom stereocenters. The van der Waals surface area contributed by atoms with E-state index in [1.807, 2.05) is 25.1 Å². The molecule has 0 heterocycles. The van der Waals surface area contributed by atoms with E-state index in [-0.39, 0.29) is 18.1 Å². The van der Waals surface area contributed by atoms with Gasteiger partial charge in [-0.1, -0.05) is 44.2 Å². The second kappa shape index (κ2) is 7.95. The lowest BCUT2D eigenvalue weighted by molar-refractivity contribution is -0.144. The Hall–Kier alpha value is -1.35. The Labute approximate surface area is 116 Å². The highest BCUT2D eigenvalue weighted by Crippen LogP contribution is 2.16. The predicted molar refractivity (Wildman–Crippen MR) is 77.9 cm³/mol. The van der Waals surface area contributed by atoms with E-state index in [1.54, 1.807) is 0 Å². The first kappa shape index (κ1) is 15.7. The average Bonchev–Trinajstić information content (AvgIpc) is 2.39. The van der Waals surface area contributed by atoms with E-state index < -0.39 is 0 Å². The van der Waals surface area contributed by atoms with E-state index in [1.165, 1.54) is 5.56 Å². The van der Waals surface area contributed by atoms with Crippen LogP contribution in [0.4, 0.5) is 0 Å². The number of esters is 1. The first-order chi connectivity index (χ1) is 9.04. The fourth-order valence-electron chi connectivity index (χ4n) is 2.05. The minimum Gasteiger partial charge on any atom is -0.466 e. The van der Waals surface area contributed by atoms with Crippen LogP contribution in [0.15, 0.2) is 30.3 Å². The van der Waals surface area contributed by atoms with Crippen LogP contribution in [-0.2, 0) is 9.53 Å². The molecule has 0 aliphatic carbocycles. The third-order valence-corrected chi connectivity index (χ3v) is 3.26. The Morgan fingerprint density at radius 3 is 2.37 bits per heavy atom. The van der Waals surface area contributed by atoms with Crippen LogP contribution in [0.1, 0.15) is 45.7 Å². The summed E-state index contributed by atoms with van der Waals surface area (Å²) >= 11 is 0. The van der Waals surface area contributed by atoms with Crippen molar-refractivity contribution in [3.63, 3.8) is 0 Å². The monoisotopic (exact) mass is 263 g/mol. The molecule has 1 rings (SSSR count). The maximum Gasteiger partial charge on any atom is 0.307 e. The van der Waals surface area contributed by atoms with Gasteiger partial charge in [0.15, 0.2) is 0 Å². The van der Waals surface area contributed by atoms with E-state index in [0.717, 1.165) is 0 Å². The van der Waals surface area contributed by atoms with E-state index in [0.29, 0.717) is 18.9 Å². The van der Waals surface area contributed by atoms with Crippen molar-refractivity contribution in [3.05, 3.63) is 35.9 Å². The third kappa shape index (κ3) is 5.43. The molecule has 0 saturated carbocycles. The minimum atomic E-state index is -0.131. The summed E-state index contributed by atoms with van der Waals surface area (Å²) in [5.74, 6) is 0.254. The number of carbonyl (C=O) groups excluding carboxylic acids is 1. The topological polar surface area (TPSA) is 38.3 Å². The van der Waals surface area contributed by atoms with Gasteiger partial charge in [0.1, 0.15) is 0 Å². The maximum atomic E-state index is 11.6. The minimum absolute atomic E-state index is 0.131. The molecule has 0 spiro atoms. The lowest BCUT2D eigenvalue weighted by Gasteiger charge is -2.26. The lowest BCUT2D eigenvalue weighted by Crippen LogP contribution is -2.38. The molecule has 1 N–H and O–H groups in total. The van der Waals surface area contributed by atoms with E-state index >= 15 is 0 Å². The molecular formula is C16H25NO2. The fraction of sp³-hybridized carbons (Fsp3) is 0.562. The van der Waals surface area contributed by atoms with Crippen molar-refractivity contribution in [1.82, 2.24) is 5.32 Å². The van der Waals surface area contributed by atoms with Gasteiger partial charge in [-0.2, -0.15) is 0 Å². The SMILES string of the molecule is CCOC(=O)C[C@@H](N[C@H](C)c1ccccc1)C(C)C. The number of hydrogen-bond donors (Lipinski definition) is 1. The first-order valence-corrected chi connectivity index (χ1v) is 7.01. The van der Waals surface area contributed by atoms with Crippen LogP contribution >= 0.6 is 0 Å². The zero-order valence-electron chi connectivity index (χ0n) is 12.3. The Bertz CT molecular complexity index is 376. The molecule has 0 unspecified atom stereocenters. The smallest absolute Gasteiger partial charge is 0.307 e. The molecule has 19 heavy (non-hydrogen) atoms. The van der Waals surface area contributed by atoms with Gasteiger partial charge in [-0.3, -0.25) is 4.79 Å². The number of ether oxygens (including phenoxy) is 1. The van der Waals surface area contributed by atoms with Crippen LogP contribution < -0.4 is 5.32 Å². The van der Waals surface area contributed by atoms with Crippen LogP contribution in [0, 0.1) is 5.92 Å². The van der Waals surface area contributed by atoms with Gasteiger partial charge in [0.25, 0.3) is 0 Å². The standard InChI is InChI=1S/C16H25NO2/c1-5-19-16(18)11-15(12(2)3)17-13(4)14-9-7-6-8-10-14/h6-10,12-13,15,17H,5,11H2,1-4H3/t13-,15-/m1/s1. The number of carbonyl (C=O) groups is 1. The second-order valence-corrected chi connectivity index (χ2v) is 5.16. The van der Waals surface area contributed by atoms with Gasteiger partial charge in [0, 0.05) is 12.1 Å².